The van der Waals surface area contributed by atoms with Gasteiger partial charge < -0.3 is 21.1 Å². The monoisotopic (exact) mass is 365 g/mol. The smallest absolute Gasteiger partial charge is 0.329 e. The lowest BCUT2D eigenvalue weighted by atomic mass is 9.53. The van der Waals surface area contributed by atoms with Gasteiger partial charge >= 0.3 is 12.0 Å². The first kappa shape index (κ1) is 19.0. The Morgan fingerprint density at radius 1 is 1.08 bits per heavy atom. The van der Waals surface area contributed by atoms with Gasteiger partial charge in [-0.2, -0.15) is 0 Å². The first-order valence-corrected chi connectivity index (χ1v) is 9.84. The van der Waals surface area contributed by atoms with E-state index in [-0.39, 0.29) is 30.4 Å². The number of urea groups is 1. The van der Waals surface area contributed by atoms with Crippen LogP contribution in [0.4, 0.5) is 4.79 Å². The molecule has 1 atom stereocenters. The molecule has 0 heterocycles. The Kier molecular flexibility index (Phi) is 5.17. The van der Waals surface area contributed by atoms with Crippen LogP contribution in [0.25, 0.3) is 0 Å². The third-order valence-corrected chi connectivity index (χ3v) is 6.65. The molecule has 4 saturated carbocycles. The lowest BCUT2D eigenvalue weighted by Gasteiger charge is -2.56. The quantitative estimate of drug-likeness (QED) is 0.553. The topological polar surface area (TPSA) is 108 Å². The molecule has 4 fully saturated rings. The summed E-state index contributed by atoms with van der Waals surface area (Å²) in [6, 6.07) is -0.212. The van der Waals surface area contributed by atoms with Crippen LogP contribution in [0.3, 0.4) is 0 Å². The van der Waals surface area contributed by atoms with Crippen LogP contribution in [-0.4, -0.2) is 40.6 Å². The first-order chi connectivity index (χ1) is 12.2. The molecule has 0 aliphatic heterocycles. The van der Waals surface area contributed by atoms with Gasteiger partial charge in [-0.1, -0.05) is 6.92 Å². The van der Waals surface area contributed by atoms with E-state index in [1.165, 1.54) is 26.2 Å². The number of carbonyl (C=O) groups is 3. The number of hydrogen-bond donors (Lipinski definition) is 4. The maximum atomic E-state index is 12.3. The van der Waals surface area contributed by atoms with Crippen LogP contribution in [0.1, 0.15) is 65.2 Å². The van der Waals surface area contributed by atoms with E-state index < -0.39 is 11.5 Å². The summed E-state index contributed by atoms with van der Waals surface area (Å²) in [6.45, 7) is 3.40. The highest BCUT2D eigenvalue weighted by molar-refractivity contribution is 5.87. The lowest BCUT2D eigenvalue weighted by Crippen LogP contribution is -2.61. The van der Waals surface area contributed by atoms with Crippen LogP contribution in [-0.2, 0) is 9.59 Å². The van der Waals surface area contributed by atoms with Crippen LogP contribution in [0.15, 0.2) is 0 Å². The molecule has 4 aliphatic rings. The molecule has 7 heteroatoms. The van der Waals surface area contributed by atoms with Gasteiger partial charge in [-0.25, -0.2) is 9.59 Å². The van der Waals surface area contributed by atoms with E-state index in [0.29, 0.717) is 6.42 Å². The molecule has 0 spiro atoms. The highest BCUT2D eigenvalue weighted by Gasteiger charge is 2.51. The number of carboxylic acid groups (broad SMARTS) is 1. The van der Waals surface area contributed by atoms with Gasteiger partial charge in [0.2, 0.25) is 5.91 Å². The van der Waals surface area contributed by atoms with Crippen LogP contribution in [0, 0.1) is 17.8 Å². The lowest BCUT2D eigenvalue weighted by molar-refractivity contribution is -0.147. The summed E-state index contributed by atoms with van der Waals surface area (Å²) >= 11 is 0. The second kappa shape index (κ2) is 7.08. The van der Waals surface area contributed by atoms with Gasteiger partial charge in [-0.15, -0.1) is 0 Å². The molecule has 0 radical (unpaired) electrons. The molecule has 4 bridgehead atoms. The minimum Gasteiger partial charge on any atom is -0.480 e. The predicted molar refractivity (Wildman–Crippen MR) is 96.5 cm³/mol. The van der Waals surface area contributed by atoms with Gasteiger partial charge in [0, 0.05) is 18.5 Å². The third-order valence-electron chi connectivity index (χ3n) is 6.65. The Morgan fingerprint density at radius 2 is 1.62 bits per heavy atom. The molecule has 4 rings (SSSR count). The van der Waals surface area contributed by atoms with Gasteiger partial charge in [0.1, 0.15) is 5.54 Å². The zero-order valence-electron chi connectivity index (χ0n) is 15.8. The van der Waals surface area contributed by atoms with Crippen molar-refractivity contribution in [3.05, 3.63) is 0 Å². The minimum absolute atomic E-state index is 0.0504. The van der Waals surface area contributed by atoms with E-state index in [9.17, 15) is 19.5 Å². The molecular weight excluding hydrogens is 334 g/mol. The number of aliphatic carboxylic acids is 1. The van der Waals surface area contributed by atoms with Crippen molar-refractivity contribution in [3.63, 3.8) is 0 Å². The third kappa shape index (κ3) is 3.96. The molecule has 0 saturated heterocycles. The number of carbonyl (C=O) groups excluding carboxylic acids is 2. The normalized spacial score (nSPS) is 34.0. The molecule has 7 nitrogen and oxygen atoms in total. The van der Waals surface area contributed by atoms with Gasteiger partial charge in [0.15, 0.2) is 0 Å². The van der Waals surface area contributed by atoms with Crippen molar-refractivity contribution < 1.29 is 19.5 Å². The second-order valence-electron chi connectivity index (χ2n) is 8.87. The zero-order chi connectivity index (χ0) is 18.9. The molecular formula is C19H31N3O4. The highest BCUT2D eigenvalue weighted by atomic mass is 16.4. The van der Waals surface area contributed by atoms with Crippen molar-refractivity contribution >= 4 is 17.9 Å². The van der Waals surface area contributed by atoms with Crippen molar-refractivity contribution in [2.75, 3.05) is 6.54 Å². The predicted octanol–water partition coefficient (Wildman–Crippen LogP) is 2.01. The fourth-order valence-corrected chi connectivity index (χ4v) is 5.50. The summed E-state index contributed by atoms with van der Waals surface area (Å²) in [5.41, 5.74) is -1.32. The van der Waals surface area contributed by atoms with Gasteiger partial charge in [-0.05, 0) is 69.6 Å². The Balaban J connectivity index is 1.42. The summed E-state index contributed by atoms with van der Waals surface area (Å²) in [4.78, 5) is 35.5. The largest absolute Gasteiger partial charge is 0.480 e. The summed E-state index contributed by atoms with van der Waals surface area (Å²) in [7, 11) is 0. The van der Waals surface area contributed by atoms with Crippen molar-refractivity contribution in [1.82, 2.24) is 16.0 Å². The zero-order valence-corrected chi connectivity index (χ0v) is 15.8. The van der Waals surface area contributed by atoms with Gasteiger partial charge in [-0.3, -0.25) is 4.79 Å². The van der Waals surface area contributed by atoms with E-state index in [1.54, 1.807) is 6.92 Å². The van der Waals surface area contributed by atoms with Crippen molar-refractivity contribution in [1.29, 1.82) is 0 Å². The molecule has 0 aromatic carbocycles. The van der Waals surface area contributed by atoms with Crippen molar-refractivity contribution in [2.45, 2.75) is 76.3 Å². The number of amides is 3. The molecule has 0 aromatic heterocycles. The maximum absolute atomic E-state index is 12.3. The van der Waals surface area contributed by atoms with E-state index in [1.807, 2.05) is 0 Å². The van der Waals surface area contributed by atoms with Crippen molar-refractivity contribution in [3.8, 4) is 0 Å². The summed E-state index contributed by atoms with van der Waals surface area (Å²) in [6.07, 6.45) is 7.58. The molecule has 146 valence electrons. The van der Waals surface area contributed by atoms with Crippen LogP contribution >= 0.6 is 0 Å². The minimum atomic E-state index is -1.27. The molecule has 1 unspecified atom stereocenters. The Bertz CT molecular complexity index is 556. The Labute approximate surface area is 154 Å². The maximum Gasteiger partial charge on any atom is 0.329 e. The molecule has 3 amide bonds. The van der Waals surface area contributed by atoms with E-state index in [2.05, 4.69) is 16.0 Å². The molecule has 4 N–H and O–H groups in total. The number of nitrogens with one attached hydrogen (secondary N) is 3. The Morgan fingerprint density at radius 3 is 2.08 bits per heavy atom. The van der Waals surface area contributed by atoms with Gasteiger partial charge in [0.05, 0.1) is 0 Å². The average molecular weight is 365 g/mol. The number of rotatable bonds is 7. The fraction of sp³-hybridized carbons (Fsp3) is 0.842. The summed E-state index contributed by atoms with van der Waals surface area (Å²) < 4.78 is 0. The average Bonchev–Trinajstić information content (AvgIpc) is 2.52. The van der Waals surface area contributed by atoms with Crippen LogP contribution in [0.2, 0.25) is 0 Å². The molecule has 0 aromatic rings. The SMILES string of the molecule is CCC(C)(NC(=O)CCNC(=O)NC12CC3CC(CC(C3)C1)C2)C(=O)O. The fourth-order valence-electron chi connectivity index (χ4n) is 5.50. The summed E-state index contributed by atoms with van der Waals surface area (Å²) in [5.74, 6) is 0.855. The van der Waals surface area contributed by atoms with E-state index >= 15 is 0 Å². The van der Waals surface area contributed by atoms with Gasteiger partial charge in [0.25, 0.3) is 0 Å². The first-order valence-electron chi connectivity index (χ1n) is 9.84. The Hall–Kier alpha value is -1.79. The number of carboxylic acids is 1. The van der Waals surface area contributed by atoms with E-state index in [0.717, 1.165) is 37.0 Å². The van der Waals surface area contributed by atoms with E-state index in [4.69, 9.17) is 0 Å². The summed E-state index contributed by atoms with van der Waals surface area (Å²) in [5, 5.41) is 17.7. The molecule has 4 aliphatic carbocycles. The number of hydrogen-bond acceptors (Lipinski definition) is 3. The standard InChI is InChI=1S/C19H31N3O4/c1-3-18(2,16(24)25)21-15(23)4-5-20-17(26)22-19-9-12-6-13(10-19)8-14(7-12)11-19/h12-14H,3-11H2,1-2H3,(H,21,23)(H,24,25)(H2,20,22,26). The van der Waals surface area contributed by atoms with Crippen molar-refractivity contribution in [2.24, 2.45) is 17.8 Å². The highest BCUT2D eigenvalue weighted by Crippen LogP contribution is 2.55. The molecule has 26 heavy (non-hydrogen) atoms. The second-order valence-corrected chi connectivity index (χ2v) is 8.87. The van der Waals surface area contributed by atoms with Crippen LogP contribution < -0.4 is 16.0 Å². The van der Waals surface area contributed by atoms with Crippen LogP contribution in [0.5, 0.6) is 0 Å².